The van der Waals surface area contributed by atoms with Gasteiger partial charge in [0.05, 0.1) is 12.1 Å². The number of carbonyl (C=O) groups is 4. The Bertz CT molecular complexity index is 1030. The SMILES string of the molecule is CO/N=C(\C(=O)N[C@H]1CN2CC(C(=O)C(F)(F)F)=C(C(=O)O)N2C1=O)c1csc(N)n1. The van der Waals surface area contributed by atoms with Gasteiger partial charge in [-0.25, -0.2) is 19.8 Å². The summed E-state index contributed by atoms with van der Waals surface area (Å²) in [6.45, 7) is -1.14. The number of aliphatic carboxylic acids is 1. The van der Waals surface area contributed by atoms with Crippen LogP contribution in [0.15, 0.2) is 21.8 Å². The quantitative estimate of drug-likeness (QED) is 0.359. The summed E-state index contributed by atoms with van der Waals surface area (Å²) in [7, 11) is 1.16. The first-order valence-corrected chi connectivity index (χ1v) is 9.13. The van der Waals surface area contributed by atoms with Gasteiger partial charge >= 0.3 is 12.1 Å². The number of amides is 2. The van der Waals surface area contributed by atoms with Crippen LogP contribution in [-0.2, 0) is 24.0 Å². The number of rotatable bonds is 6. The Morgan fingerprint density at radius 1 is 1.42 bits per heavy atom. The van der Waals surface area contributed by atoms with E-state index in [-0.39, 0.29) is 23.1 Å². The molecule has 1 aromatic heterocycles. The minimum absolute atomic E-state index is 0.0530. The van der Waals surface area contributed by atoms with E-state index in [0.29, 0.717) is 5.01 Å². The second-order valence-electron chi connectivity index (χ2n) is 6.18. The number of halogens is 3. The van der Waals surface area contributed by atoms with E-state index in [1.54, 1.807) is 0 Å². The van der Waals surface area contributed by atoms with Crippen LogP contribution in [0.25, 0.3) is 0 Å². The summed E-state index contributed by atoms with van der Waals surface area (Å²) in [5, 5.41) is 18.0. The number of carboxylic acids is 1. The van der Waals surface area contributed by atoms with Crippen molar-refractivity contribution in [2.24, 2.45) is 5.16 Å². The van der Waals surface area contributed by atoms with E-state index < -0.39 is 53.6 Å². The van der Waals surface area contributed by atoms with Crippen LogP contribution in [0.1, 0.15) is 5.69 Å². The molecule has 2 aliphatic heterocycles. The number of ketones is 1. The molecule has 0 aliphatic carbocycles. The molecule has 0 spiro atoms. The molecule has 2 aliphatic rings. The minimum atomic E-state index is -5.31. The highest BCUT2D eigenvalue weighted by Gasteiger charge is 2.53. The van der Waals surface area contributed by atoms with Crippen LogP contribution in [0, 0.1) is 0 Å². The third-order valence-electron chi connectivity index (χ3n) is 4.22. The number of oxime groups is 1. The van der Waals surface area contributed by atoms with Crippen LogP contribution in [0.4, 0.5) is 18.3 Å². The molecular formula is C15H13F3N6O6S. The van der Waals surface area contributed by atoms with E-state index in [1.807, 2.05) is 0 Å². The molecule has 1 fully saturated rings. The summed E-state index contributed by atoms with van der Waals surface area (Å²) < 4.78 is 38.4. The van der Waals surface area contributed by atoms with Crippen molar-refractivity contribution in [1.82, 2.24) is 20.3 Å². The average molecular weight is 462 g/mol. The lowest BCUT2D eigenvalue weighted by atomic mass is 10.1. The zero-order valence-corrected chi connectivity index (χ0v) is 16.3. The Morgan fingerprint density at radius 3 is 2.61 bits per heavy atom. The number of fused-ring (bicyclic) bond motifs is 1. The van der Waals surface area contributed by atoms with Gasteiger partial charge in [-0.3, -0.25) is 14.4 Å². The molecule has 3 rings (SSSR count). The molecule has 0 radical (unpaired) electrons. The van der Waals surface area contributed by atoms with E-state index >= 15 is 0 Å². The number of anilines is 1. The summed E-state index contributed by atoms with van der Waals surface area (Å²) in [5.74, 6) is -6.20. The zero-order chi connectivity index (χ0) is 23.1. The van der Waals surface area contributed by atoms with Crippen LogP contribution in [-0.4, -0.2) is 81.8 Å². The number of nitrogens with one attached hydrogen (secondary N) is 1. The van der Waals surface area contributed by atoms with Crippen molar-refractivity contribution < 1.29 is 42.3 Å². The molecule has 12 nitrogen and oxygen atoms in total. The molecular weight excluding hydrogens is 449 g/mol. The maximum atomic E-state index is 12.8. The molecule has 166 valence electrons. The summed E-state index contributed by atoms with van der Waals surface area (Å²) in [6.07, 6.45) is -5.31. The summed E-state index contributed by atoms with van der Waals surface area (Å²) in [6, 6.07) is -1.33. The van der Waals surface area contributed by atoms with Crippen molar-refractivity contribution in [2.75, 3.05) is 25.9 Å². The standard InChI is InChI=1S/C15H13F3N6O6S/c1-30-22-8(7-4-31-14(19)21-7)11(26)20-6-3-23-2-5(10(25)15(16,17)18)9(13(28)29)24(23)12(6)27/h4,6H,2-3H2,1H3,(H2,19,21)(H,20,26)(H,28,29)/b22-8-/t6-/m0/s1. The molecule has 31 heavy (non-hydrogen) atoms. The lowest BCUT2D eigenvalue weighted by Gasteiger charge is -2.19. The average Bonchev–Trinajstić information content (AvgIpc) is 3.33. The second kappa shape index (κ2) is 7.95. The molecule has 1 atom stereocenters. The van der Waals surface area contributed by atoms with Gasteiger partial charge in [-0.2, -0.15) is 13.2 Å². The number of carboxylic acid groups (broad SMARTS) is 1. The zero-order valence-electron chi connectivity index (χ0n) is 15.5. The van der Waals surface area contributed by atoms with Crippen molar-refractivity contribution in [3.63, 3.8) is 0 Å². The fraction of sp³-hybridized carbons (Fsp3) is 0.333. The lowest BCUT2D eigenvalue weighted by Crippen LogP contribution is -2.46. The fourth-order valence-electron chi connectivity index (χ4n) is 3.03. The predicted molar refractivity (Wildman–Crippen MR) is 96.1 cm³/mol. The maximum Gasteiger partial charge on any atom is 0.454 e. The highest BCUT2D eigenvalue weighted by Crippen LogP contribution is 2.33. The number of nitrogens with zero attached hydrogens (tertiary/aromatic N) is 4. The van der Waals surface area contributed by atoms with Crippen molar-refractivity contribution in [2.45, 2.75) is 12.2 Å². The number of hydrogen-bond acceptors (Lipinski definition) is 10. The monoisotopic (exact) mass is 462 g/mol. The van der Waals surface area contributed by atoms with Gasteiger partial charge in [-0.1, -0.05) is 5.16 Å². The summed E-state index contributed by atoms with van der Waals surface area (Å²) in [5.41, 5.74) is 3.06. The number of carbonyl (C=O) groups excluding carboxylic acids is 3. The Morgan fingerprint density at radius 2 is 2.10 bits per heavy atom. The van der Waals surface area contributed by atoms with Crippen molar-refractivity contribution in [1.29, 1.82) is 0 Å². The maximum absolute atomic E-state index is 12.8. The van der Waals surface area contributed by atoms with Crippen LogP contribution in [0.5, 0.6) is 0 Å². The Hall–Kier alpha value is -3.53. The van der Waals surface area contributed by atoms with Crippen molar-refractivity contribution in [3.8, 4) is 0 Å². The van der Waals surface area contributed by atoms with Crippen molar-refractivity contribution >= 4 is 45.7 Å². The largest absolute Gasteiger partial charge is 0.477 e. The topological polar surface area (TPSA) is 168 Å². The van der Waals surface area contributed by atoms with E-state index in [4.69, 9.17) is 5.73 Å². The van der Waals surface area contributed by atoms with Crippen LogP contribution >= 0.6 is 11.3 Å². The molecule has 0 bridgehead atoms. The minimum Gasteiger partial charge on any atom is -0.477 e. The Balaban J connectivity index is 1.84. The third-order valence-corrected chi connectivity index (χ3v) is 4.90. The molecule has 1 aromatic rings. The number of thiazole rings is 1. The molecule has 0 unspecified atom stereocenters. The van der Waals surface area contributed by atoms with Crippen molar-refractivity contribution in [3.05, 3.63) is 22.3 Å². The Labute approximate surface area is 174 Å². The number of hydrogen-bond donors (Lipinski definition) is 3. The van der Waals surface area contributed by atoms with Crippen LogP contribution in [0.3, 0.4) is 0 Å². The molecule has 2 amide bonds. The second-order valence-corrected chi connectivity index (χ2v) is 7.07. The first-order valence-electron chi connectivity index (χ1n) is 8.25. The first kappa shape index (κ1) is 22.2. The molecule has 4 N–H and O–H groups in total. The highest BCUT2D eigenvalue weighted by atomic mass is 32.1. The number of Topliss-reactive ketones (excluding diaryl/α,β-unsaturated/α-hetero) is 1. The van der Waals surface area contributed by atoms with Gasteiger partial charge in [0, 0.05) is 11.9 Å². The third kappa shape index (κ3) is 4.06. The number of alkyl halides is 3. The fourth-order valence-corrected chi connectivity index (χ4v) is 3.57. The van der Waals surface area contributed by atoms with Gasteiger partial charge in [0.1, 0.15) is 18.8 Å². The van der Waals surface area contributed by atoms with Gasteiger partial charge in [0.15, 0.2) is 16.5 Å². The molecule has 0 aromatic carbocycles. The van der Waals surface area contributed by atoms with Gasteiger partial charge in [-0.15, -0.1) is 11.3 Å². The predicted octanol–water partition coefficient (Wildman–Crippen LogP) is -0.896. The molecule has 3 heterocycles. The normalized spacial score (nSPS) is 19.6. The van der Waals surface area contributed by atoms with Crippen LogP contribution < -0.4 is 11.1 Å². The molecule has 16 heteroatoms. The van der Waals surface area contributed by atoms with Gasteiger partial charge in [-0.05, 0) is 0 Å². The van der Waals surface area contributed by atoms with Gasteiger partial charge in [0.25, 0.3) is 17.6 Å². The van der Waals surface area contributed by atoms with Crippen LogP contribution in [0.2, 0.25) is 0 Å². The number of nitrogen functional groups attached to an aromatic ring is 1. The highest BCUT2D eigenvalue weighted by molar-refractivity contribution is 7.13. The number of nitrogens with two attached hydrogens (primary N) is 1. The van der Waals surface area contributed by atoms with Gasteiger partial charge < -0.3 is 21.0 Å². The Kier molecular flexibility index (Phi) is 5.68. The van der Waals surface area contributed by atoms with E-state index in [2.05, 4.69) is 20.3 Å². The smallest absolute Gasteiger partial charge is 0.454 e. The van der Waals surface area contributed by atoms with Gasteiger partial charge in [0.2, 0.25) is 0 Å². The molecule has 1 saturated heterocycles. The first-order chi connectivity index (χ1) is 14.5. The summed E-state index contributed by atoms with van der Waals surface area (Å²) in [4.78, 5) is 56.8. The van der Waals surface area contributed by atoms with E-state index in [1.165, 1.54) is 5.38 Å². The van der Waals surface area contributed by atoms with E-state index in [9.17, 15) is 37.5 Å². The van der Waals surface area contributed by atoms with E-state index in [0.717, 1.165) is 23.5 Å². The number of hydrazine groups is 1. The number of aromatic nitrogens is 1. The lowest BCUT2D eigenvalue weighted by molar-refractivity contribution is -0.166. The molecule has 0 saturated carbocycles. The summed E-state index contributed by atoms with van der Waals surface area (Å²) >= 11 is 1.01.